The molecule has 0 saturated heterocycles. The van der Waals surface area contributed by atoms with Crippen molar-refractivity contribution in [2.75, 3.05) is 18.8 Å². The number of halogens is 3. The van der Waals surface area contributed by atoms with Gasteiger partial charge < -0.3 is 26.2 Å². The first-order valence-corrected chi connectivity index (χ1v) is 8.91. The van der Waals surface area contributed by atoms with Crippen molar-refractivity contribution in [3.8, 4) is 0 Å². The van der Waals surface area contributed by atoms with E-state index in [1.165, 1.54) is 18.4 Å². The summed E-state index contributed by atoms with van der Waals surface area (Å²) in [6, 6.07) is 0. The number of nitrogens with one attached hydrogen (secondary N) is 2. The number of amides is 1. The molecule has 0 spiro atoms. The maximum atomic E-state index is 12.4. The van der Waals surface area contributed by atoms with Gasteiger partial charge in [0, 0.05) is 24.7 Å². The van der Waals surface area contributed by atoms with E-state index in [1.807, 2.05) is 0 Å². The number of nitrogens with zero attached hydrogens (tertiary/aromatic N) is 1. The average Bonchev–Trinajstić information content (AvgIpc) is 2.57. The number of alkyl halides is 3. The summed E-state index contributed by atoms with van der Waals surface area (Å²) < 4.78 is 42.1. The van der Waals surface area contributed by atoms with Crippen LogP contribution in [-0.2, 0) is 14.3 Å². The number of carboxylic acids is 1. The van der Waals surface area contributed by atoms with Gasteiger partial charge in [0.1, 0.15) is 6.54 Å². The third-order valence-electron chi connectivity index (χ3n) is 3.04. The molecule has 27 heavy (non-hydrogen) atoms. The third kappa shape index (κ3) is 8.24. The van der Waals surface area contributed by atoms with Gasteiger partial charge in [0.2, 0.25) is 0 Å². The predicted molar refractivity (Wildman–Crippen MR) is 94.7 cm³/mol. The van der Waals surface area contributed by atoms with Gasteiger partial charge >= 0.3 is 12.1 Å². The van der Waals surface area contributed by atoms with Crippen LogP contribution in [0.5, 0.6) is 0 Å². The number of rotatable bonds is 9. The number of hydrogen-bond acceptors (Lipinski definition) is 5. The fourth-order valence-electron chi connectivity index (χ4n) is 1.93. The lowest BCUT2D eigenvalue weighted by atomic mass is 10.2. The van der Waals surface area contributed by atoms with Crippen molar-refractivity contribution in [1.29, 1.82) is 0 Å². The number of guanidine groups is 1. The number of aliphatic carboxylic acids is 1. The fourth-order valence-corrected chi connectivity index (χ4v) is 3.06. The number of hydrogen-bond donors (Lipinski definition) is 4. The van der Waals surface area contributed by atoms with Crippen LogP contribution in [0.15, 0.2) is 29.1 Å². The van der Waals surface area contributed by atoms with Crippen LogP contribution in [0.1, 0.15) is 19.8 Å². The number of thioether (sulfide) groups is 1. The van der Waals surface area contributed by atoms with Gasteiger partial charge in [-0.1, -0.05) is 0 Å². The highest BCUT2D eigenvalue weighted by Gasteiger charge is 2.40. The summed E-state index contributed by atoms with van der Waals surface area (Å²) in [6.45, 7) is 0.601. The highest BCUT2D eigenvalue weighted by atomic mass is 32.2. The van der Waals surface area contributed by atoms with Crippen molar-refractivity contribution in [3.63, 3.8) is 0 Å². The Morgan fingerprint density at radius 3 is 2.74 bits per heavy atom. The molecule has 12 heteroatoms. The number of carbonyl (C=O) groups is 2. The fraction of sp³-hybridized carbons (Fsp3) is 0.533. The smallest absolute Gasteiger partial charge is 0.408 e. The van der Waals surface area contributed by atoms with Crippen molar-refractivity contribution in [3.05, 3.63) is 24.1 Å². The van der Waals surface area contributed by atoms with E-state index >= 15 is 0 Å². The Labute approximate surface area is 158 Å². The van der Waals surface area contributed by atoms with Gasteiger partial charge in [-0.15, -0.1) is 11.8 Å². The Morgan fingerprint density at radius 2 is 2.15 bits per heavy atom. The zero-order valence-corrected chi connectivity index (χ0v) is 15.3. The van der Waals surface area contributed by atoms with Crippen LogP contribution in [0.4, 0.5) is 13.2 Å². The topological polar surface area (TPSA) is 126 Å². The summed E-state index contributed by atoms with van der Waals surface area (Å²) in [6.07, 6.45) is -0.305. The van der Waals surface area contributed by atoms with Gasteiger partial charge in [-0.2, -0.15) is 13.2 Å². The molecule has 1 amide bonds. The van der Waals surface area contributed by atoms with Crippen molar-refractivity contribution >= 4 is 29.6 Å². The maximum absolute atomic E-state index is 12.4. The van der Waals surface area contributed by atoms with Crippen molar-refractivity contribution in [2.45, 2.75) is 30.9 Å². The lowest BCUT2D eigenvalue weighted by Crippen LogP contribution is -2.46. The molecule has 0 radical (unpaired) electrons. The van der Waals surface area contributed by atoms with Gasteiger partial charge in [-0.05, 0) is 25.2 Å². The summed E-state index contributed by atoms with van der Waals surface area (Å²) in [5, 5.41) is 13.8. The number of carbonyl (C=O) groups excluding carboxylic acids is 1. The Hall–Kier alpha value is -2.37. The van der Waals surface area contributed by atoms with Crippen LogP contribution in [0.3, 0.4) is 0 Å². The summed E-state index contributed by atoms with van der Waals surface area (Å²) in [5.41, 5.74) is 5.66. The molecular weight excluding hydrogens is 389 g/mol. The maximum Gasteiger partial charge on any atom is 0.408 e. The average molecular weight is 410 g/mol. The van der Waals surface area contributed by atoms with Crippen molar-refractivity contribution in [2.24, 2.45) is 10.7 Å². The number of allylic oxidation sites excluding steroid dienone is 1. The largest absolute Gasteiger partial charge is 0.481 e. The summed E-state index contributed by atoms with van der Waals surface area (Å²) in [5.74, 6) is -1.61. The molecule has 0 bridgehead atoms. The van der Waals surface area contributed by atoms with Gasteiger partial charge in [0.05, 0.1) is 6.26 Å². The molecule has 1 unspecified atom stereocenters. The molecule has 152 valence electrons. The second-order valence-electron chi connectivity index (χ2n) is 5.33. The number of aliphatic imine (C=N–C) groups is 1. The zero-order chi connectivity index (χ0) is 20.5. The third-order valence-corrected chi connectivity index (χ3v) is 4.36. The van der Waals surface area contributed by atoms with E-state index in [2.05, 4.69) is 15.6 Å². The van der Waals surface area contributed by atoms with Crippen LogP contribution in [0.25, 0.3) is 0 Å². The Kier molecular flexibility index (Phi) is 8.47. The van der Waals surface area contributed by atoms with E-state index in [-0.39, 0.29) is 12.1 Å². The Balaban J connectivity index is 2.90. The summed E-state index contributed by atoms with van der Waals surface area (Å²) >= 11 is 1.06. The lowest BCUT2D eigenvalue weighted by molar-refractivity contribution is -0.137. The van der Waals surface area contributed by atoms with Crippen LogP contribution >= 0.6 is 11.8 Å². The summed E-state index contributed by atoms with van der Waals surface area (Å²) in [7, 11) is 0. The zero-order valence-electron chi connectivity index (χ0n) is 14.5. The van der Waals surface area contributed by atoms with E-state index in [0.717, 1.165) is 11.8 Å². The molecule has 0 saturated carbocycles. The standard InChI is InChI=1S/C15H21F3N4O4S/c1-2-20-12(25)14(27-7-3-4-11(23)24)8-10(5-6-26-14)22-13(19)21-9-15(16,17)18/h5-6,8H,2-4,7,9H2,1H3,(H,20,25)(H,23,24)(H3,19,21,22). The number of carboxylic acid groups (broad SMARTS) is 1. The molecule has 0 aromatic rings. The normalized spacial score (nSPS) is 19.9. The molecule has 0 fully saturated rings. The molecule has 8 nitrogen and oxygen atoms in total. The molecule has 1 aliphatic heterocycles. The van der Waals surface area contributed by atoms with Crippen molar-refractivity contribution in [1.82, 2.24) is 10.6 Å². The molecule has 0 aromatic heterocycles. The van der Waals surface area contributed by atoms with Crippen LogP contribution in [-0.4, -0.2) is 52.9 Å². The number of ether oxygens (including phenoxy) is 1. The van der Waals surface area contributed by atoms with E-state index in [4.69, 9.17) is 15.6 Å². The molecule has 5 N–H and O–H groups in total. The molecule has 0 aromatic carbocycles. The van der Waals surface area contributed by atoms with Gasteiger partial charge in [0.15, 0.2) is 5.96 Å². The van der Waals surface area contributed by atoms with Gasteiger partial charge in [0.25, 0.3) is 10.8 Å². The minimum Gasteiger partial charge on any atom is -0.481 e. The highest BCUT2D eigenvalue weighted by Crippen LogP contribution is 2.33. The first kappa shape index (κ1) is 22.7. The van der Waals surface area contributed by atoms with Crippen molar-refractivity contribution < 1.29 is 32.6 Å². The minimum atomic E-state index is -4.49. The second-order valence-corrected chi connectivity index (χ2v) is 6.64. The molecule has 1 atom stereocenters. The lowest BCUT2D eigenvalue weighted by Gasteiger charge is -2.31. The van der Waals surface area contributed by atoms with Crippen LogP contribution in [0, 0.1) is 0 Å². The van der Waals surface area contributed by atoms with Gasteiger partial charge in [-0.25, -0.2) is 4.99 Å². The van der Waals surface area contributed by atoms with E-state index in [9.17, 15) is 22.8 Å². The molecule has 1 rings (SSSR count). The minimum absolute atomic E-state index is 0.0693. The molecule has 0 aliphatic carbocycles. The molecular formula is C15H21F3N4O4S. The second kappa shape index (κ2) is 10.1. The number of likely N-dealkylation sites (N-methyl/N-ethyl adjacent to an activating group) is 1. The first-order chi connectivity index (χ1) is 12.6. The van der Waals surface area contributed by atoms with E-state index in [1.54, 1.807) is 6.92 Å². The Bertz CT molecular complexity index is 637. The summed E-state index contributed by atoms with van der Waals surface area (Å²) in [4.78, 5) is 24.7. The monoisotopic (exact) mass is 410 g/mol. The predicted octanol–water partition coefficient (Wildman–Crippen LogP) is 1.31. The van der Waals surface area contributed by atoms with Crippen LogP contribution < -0.4 is 16.4 Å². The number of nitrogens with two attached hydrogens (primary N) is 1. The quantitative estimate of drug-likeness (QED) is 0.256. The Morgan fingerprint density at radius 1 is 1.44 bits per heavy atom. The SMILES string of the molecule is CCNC(=O)C1(SCCCC(=O)O)C=C(NC(N)=NCC(F)(F)F)C=CO1. The van der Waals surface area contributed by atoms with Gasteiger partial charge in [-0.3, -0.25) is 9.59 Å². The van der Waals surface area contributed by atoms with Crippen LogP contribution in [0.2, 0.25) is 0 Å². The molecule has 1 heterocycles. The molecule has 1 aliphatic rings. The first-order valence-electron chi connectivity index (χ1n) is 7.93. The highest BCUT2D eigenvalue weighted by molar-refractivity contribution is 8.01. The van der Waals surface area contributed by atoms with E-state index in [0.29, 0.717) is 18.7 Å². The van der Waals surface area contributed by atoms with E-state index < -0.39 is 35.5 Å².